The molecule has 0 radical (unpaired) electrons. The van der Waals surface area contributed by atoms with Crippen LogP contribution in [0.2, 0.25) is 10.0 Å². The summed E-state index contributed by atoms with van der Waals surface area (Å²) >= 11 is 13.5. The summed E-state index contributed by atoms with van der Waals surface area (Å²) in [6, 6.07) is 13.5. The van der Waals surface area contributed by atoms with Crippen molar-refractivity contribution in [2.75, 3.05) is 11.9 Å². The number of aromatic nitrogens is 1. The molecule has 0 spiro atoms. The van der Waals surface area contributed by atoms with Gasteiger partial charge in [-0.1, -0.05) is 56.1 Å². The van der Waals surface area contributed by atoms with Gasteiger partial charge >= 0.3 is 0 Å². The third kappa shape index (κ3) is 6.45. The smallest absolute Gasteiger partial charge is 0.226 e. The molecule has 0 saturated carbocycles. The summed E-state index contributed by atoms with van der Waals surface area (Å²) in [5, 5.41) is 6.33. The molecule has 0 unspecified atom stereocenters. The number of nitrogens with zero attached hydrogens (tertiary/aromatic N) is 1. The highest BCUT2D eigenvalue weighted by Gasteiger charge is 2.17. The summed E-state index contributed by atoms with van der Waals surface area (Å²) in [4.78, 5) is 16.7. The summed E-state index contributed by atoms with van der Waals surface area (Å²) in [5.41, 5.74) is 2.94. The van der Waals surface area contributed by atoms with Gasteiger partial charge in [0.05, 0.1) is 17.3 Å². The number of amides is 1. The van der Waals surface area contributed by atoms with Gasteiger partial charge in [-0.15, -0.1) is 11.3 Å². The predicted octanol–water partition coefficient (Wildman–Crippen LogP) is 7.60. The number of halogens is 2. The van der Waals surface area contributed by atoms with Crippen LogP contribution in [-0.4, -0.2) is 17.5 Å². The van der Waals surface area contributed by atoms with E-state index >= 15 is 0 Å². The molecule has 0 aliphatic carbocycles. The van der Waals surface area contributed by atoms with Crippen LogP contribution in [0.1, 0.15) is 45.6 Å². The Morgan fingerprint density at radius 3 is 2.58 bits per heavy atom. The molecule has 1 aromatic heterocycles. The Morgan fingerprint density at radius 1 is 1.16 bits per heavy atom. The molecule has 0 atom stereocenters. The maximum absolute atomic E-state index is 12.2. The zero-order valence-electron chi connectivity index (χ0n) is 17.9. The highest BCUT2D eigenvalue weighted by Crippen LogP contribution is 2.32. The first-order valence-corrected chi connectivity index (χ1v) is 11.9. The molecule has 0 aliphatic heterocycles. The topological polar surface area (TPSA) is 51.2 Å². The Hall–Kier alpha value is -2.08. The van der Waals surface area contributed by atoms with Gasteiger partial charge in [-0.2, -0.15) is 0 Å². The van der Waals surface area contributed by atoms with Crippen LogP contribution in [0, 0.1) is 0 Å². The lowest BCUT2D eigenvalue weighted by molar-refractivity contribution is -0.116. The second kappa shape index (κ2) is 10.5. The largest absolute Gasteiger partial charge is 0.494 e. The lowest BCUT2D eigenvalue weighted by Crippen LogP contribution is -2.15. The number of hydrogen-bond acceptors (Lipinski definition) is 4. The number of thiazole rings is 1. The molecule has 4 nitrogen and oxygen atoms in total. The van der Waals surface area contributed by atoms with Crippen LogP contribution in [0.15, 0.2) is 47.8 Å². The fourth-order valence-electron chi connectivity index (χ4n) is 2.96. The van der Waals surface area contributed by atoms with E-state index in [-0.39, 0.29) is 11.3 Å². The van der Waals surface area contributed by atoms with Crippen LogP contribution in [0.5, 0.6) is 5.75 Å². The number of carbonyl (C=O) groups excluding carboxylic acids is 1. The van der Waals surface area contributed by atoms with E-state index in [4.69, 9.17) is 27.9 Å². The molecule has 3 aromatic rings. The zero-order valence-corrected chi connectivity index (χ0v) is 20.2. The second-order valence-corrected chi connectivity index (χ2v) is 9.63. The van der Waals surface area contributed by atoms with Crippen LogP contribution in [-0.2, 0) is 10.2 Å². The average molecular weight is 477 g/mol. The van der Waals surface area contributed by atoms with Crippen LogP contribution >= 0.6 is 34.5 Å². The van der Waals surface area contributed by atoms with E-state index in [1.54, 1.807) is 12.1 Å². The van der Waals surface area contributed by atoms with Gasteiger partial charge in [-0.3, -0.25) is 4.79 Å². The summed E-state index contributed by atoms with van der Waals surface area (Å²) < 4.78 is 5.77. The Morgan fingerprint density at radius 2 is 1.90 bits per heavy atom. The zero-order chi connectivity index (χ0) is 22.4. The van der Waals surface area contributed by atoms with E-state index in [9.17, 15) is 4.79 Å². The van der Waals surface area contributed by atoms with Crippen LogP contribution < -0.4 is 10.1 Å². The molecule has 0 saturated heterocycles. The molecule has 2 aromatic carbocycles. The predicted molar refractivity (Wildman–Crippen MR) is 131 cm³/mol. The standard InChI is InChI=1S/C24H26Cl2N2O2S/c1-4-24(2,3)16-7-10-18(11-8-16)30-13-5-6-22(29)28-23-27-21(15-31-23)19-12-9-17(25)14-20(19)26/h7-12,14-15H,4-6,13H2,1-3H3,(H,27,28,29). The van der Waals surface area contributed by atoms with Gasteiger partial charge in [-0.05, 0) is 54.2 Å². The molecular formula is C24H26Cl2N2O2S. The number of anilines is 1. The van der Waals surface area contributed by atoms with Gasteiger partial charge in [0.15, 0.2) is 5.13 Å². The maximum atomic E-state index is 12.2. The van der Waals surface area contributed by atoms with Gasteiger partial charge in [0.25, 0.3) is 0 Å². The van der Waals surface area contributed by atoms with Crippen molar-refractivity contribution in [3.63, 3.8) is 0 Å². The summed E-state index contributed by atoms with van der Waals surface area (Å²) in [7, 11) is 0. The van der Waals surface area contributed by atoms with Crippen LogP contribution in [0.3, 0.4) is 0 Å². The fraction of sp³-hybridized carbons (Fsp3) is 0.333. The molecule has 1 amide bonds. The molecule has 3 rings (SSSR count). The van der Waals surface area contributed by atoms with E-state index < -0.39 is 0 Å². The van der Waals surface area contributed by atoms with Crippen molar-refractivity contribution in [2.24, 2.45) is 0 Å². The Kier molecular flexibility index (Phi) is 7.98. The van der Waals surface area contributed by atoms with Gasteiger partial charge in [0, 0.05) is 22.4 Å². The number of carbonyl (C=O) groups is 1. The SMILES string of the molecule is CCC(C)(C)c1ccc(OCCCC(=O)Nc2nc(-c3ccc(Cl)cc3Cl)cs2)cc1. The molecule has 31 heavy (non-hydrogen) atoms. The van der Waals surface area contributed by atoms with Crippen molar-refractivity contribution in [1.29, 1.82) is 0 Å². The van der Waals surface area contributed by atoms with Gasteiger partial charge < -0.3 is 10.1 Å². The maximum Gasteiger partial charge on any atom is 0.226 e. The molecule has 1 heterocycles. The molecule has 0 bridgehead atoms. The van der Waals surface area contributed by atoms with Gasteiger partial charge in [0.1, 0.15) is 5.75 Å². The van der Waals surface area contributed by atoms with E-state index in [0.29, 0.717) is 40.3 Å². The summed E-state index contributed by atoms with van der Waals surface area (Å²) in [5.74, 6) is 0.729. The first-order valence-electron chi connectivity index (χ1n) is 10.2. The molecule has 0 aliphatic rings. The van der Waals surface area contributed by atoms with Crippen molar-refractivity contribution in [2.45, 2.75) is 45.4 Å². The lowest BCUT2D eigenvalue weighted by atomic mass is 9.82. The number of nitrogens with one attached hydrogen (secondary N) is 1. The Bertz CT molecular complexity index is 1030. The van der Waals surface area contributed by atoms with E-state index in [1.807, 2.05) is 23.6 Å². The van der Waals surface area contributed by atoms with Gasteiger partial charge in [-0.25, -0.2) is 4.98 Å². The first kappa shape index (κ1) is 23.6. The van der Waals surface area contributed by atoms with E-state index in [1.165, 1.54) is 16.9 Å². The highest BCUT2D eigenvalue weighted by atomic mass is 35.5. The lowest BCUT2D eigenvalue weighted by Gasteiger charge is -2.23. The van der Waals surface area contributed by atoms with Crippen molar-refractivity contribution in [1.82, 2.24) is 4.98 Å². The fourth-order valence-corrected chi connectivity index (χ4v) is 4.20. The average Bonchev–Trinajstić information content (AvgIpc) is 3.19. The van der Waals surface area contributed by atoms with Crippen molar-refractivity contribution < 1.29 is 9.53 Å². The third-order valence-corrected chi connectivity index (χ3v) is 6.60. The normalized spacial score (nSPS) is 11.4. The molecule has 7 heteroatoms. The van der Waals surface area contributed by atoms with Crippen molar-refractivity contribution in [3.05, 3.63) is 63.5 Å². The van der Waals surface area contributed by atoms with Gasteiger partial charge in [0.2, 0.25) is 5.91 Å². The number of hydrogen-bond donors (Lipinski definition) is 1. The highest BCUT2D eigenvalue weighted by molar-refractivity contribution is 7.14. The van der Waals surface area contributed by atoms with E-state index in [2.05, 4.69) is 43.2 Å². The summed E-state index contributed by atoms with van der Waals surface area (Å²) in [6.07, 6.45) is 2.06. The third-order valence-electron chi connectivity index (χ3n) is 5.29. The minimum Gasteiger partial charge on any atom is -0.494 e. The quantitative estimate of drug-likeness (QED) is 0.323. The summed E-state index contributed by atoms with van der Waals surface area (Å²) in [6.45, 7) is 7.14. The van der Waals surface area contributed by atoms with E-state index in [0.717, 1.165) is 17.7 Å². The Balaban J connectivity index is 1.44. The number of benzene rings is 2. The van der Waals surface area contributed by atoms with Crippen LogP contribution in [0.4, 0.5) is 5.13 Å². The Labute approximate surface area is 197 Å². The molecule has 1 N–H and O–H groups in total. The first-order chi connectivity index (χ1) is 14.8. The van der Waals surface area contributed by atoms with Crippen molar-refractivity contribution >= 4 is 45.6 Å². The van der Waals surface area contributed by atoms with Crippen LogP contribution in [0.25, 0.3) is 11.3 Å². The minimum absolute atomic E-state index is 0.0910. The molecule has 164 valence electrons. The molecule has 0 fully saturated rings. The molecular weight excluding hydrogens is 451 g/mol. The second-order valence-electron chi connectivity index (χ2n) is 7.92. The number of rotatable bonds is 9. The monoisotopic (exact) mass is 476 g/mol. The number of ether oxygens (including phenoxy) is 1. The minimum atomic E-state index is -0.0910. The van der Waals surface area contributed by atoms with Crippen molar-refractivity contribution in [3.8, 4) is 17.0 Å².